The Kier molecular flexibility index (Phi) is 4.29. The molecule has 3 nitrogen and oxygen atoms in total. The summed E-state index contributed by atoms with van der Waals surface area (Å²) >= 11 is 2.25. The molecule has 2 rings (SSSR count). The Hall–Kier alpha value is -1.30. The number of benzene rings is 1. The lowest BCUT2D eigenvalue weighted by molar-refractivity contribution is 0.0526. The van der Waals surface area contributed by atoms with Crippen LogP contribution in [-0.4, -0.2) is 17.1 Å². The second kappa shape index (κ2) is 5.77. The van der Waals surface area contributed by atoms with Crippen molar-refractivity contribution in [2.45, 2.75) is 20.8 Å². The van der Waals surface area contributed by atoms with Gasteiger partial charge in [0.05, 0.1) is 17.9 Å². The van der Waals surface area contributed by atoms with E-state index in [1.807, 2.05) is 51.1 Å². The highest BCUT2D eigenvalue weighted by Crippen LogP contribution is 2.26. The van der Waals surface area contributed by atoms with Crippen LogP contribution in [0.4, 0.5) is 0 Å². The number of nitrogens with zero attached hydrogens (tertiary/aromatic N) is 1. The van der Waals surface area contributed by atoms with Crippen molar-refractivity contribution in [3.8, 4) is 5.69 Å². The standard InChI is InChI=1S/C15H16INO2/c1-4-19-15(18)12-6-5-7-13(16)14(12)17-10(2)8-9-11(17)3/h5-9H,4H2,1-3H3. The minimum absolute atomic E-state index is 0.275. The monoisotopic (exact) mass is 369 g/mol. The van der Waals surface area contributed by atoms with Gasteiger partial charge in [0.2, 0.25) is 0 Å². The first-order valence-electron chi connectivity index (χ1n) is 6.17. The third-order valence-corrected chi connectivity index (χ3v) is 3.85. The number of esters is 1. The Balaban J connectivity index is 2.66. The molecule has 0 amide bonds. The normalized spacial score (nSPS) is 10.5. The molecule has 0 aliphatic rings. The fourth-order valence-electron chi connectivity index (χ4n) is 2.14. The molecule has 0 fully saturated rings. The molecule has 0 saturated heterocycles. The summed E-state index contributed by atoms with van der Waals surface area (Å²) in [5, 5.41) is 0. The maximum Gasteiger partial charge on any atom is 0.340 e. The third-order valence-electron chi connectivity index (χ3n) is 2.98. The van der Waals surface area contributed by atoms with E-state index >= 15 is 0 Å². The van der Waals surface area contributed by atoms with Crippen molar-refractivity contribution in [1.29, 1.82) is 0 Å². The number of hydrogen-bond acceptors (Lipinski definition) is 2. The fraction of sp³-hybridized carbons (Fsp3) is 0.267. The number of hydrogen-bond donors (Lipinski definition) is 0. The maximum absolute atomic E-state index is 12.1. The number of ether oxygens (including phenoxy) is 1. The Morgan fingerprint density at radius 1 is 1.21 bits per heavy atom. The summed E-state index contributed by atoms with van der Waals surface area (Å²) in [5.74, 6) is -0.275. The molecule has 2 aromatic rings. The minimum atomic E-state index is -0.275. The van der Waals surface area contributed by atoms with Crippen LogP contribution in [0.3, 0.4) is 0 Å². The SMILES string of the molecule is CCOC(=O)c1cccc(I)c1-n1c(C)ccc1C. The maximum atomic E-state index is 12.1. The first-order chi connectivity index (χ1) is 9.06. The number of carbonyl (C=O) groups excluding carboxylic acids is 1. The van der Waals surface area contributed by atoms with Gasteiger partial charge in [0.25, 0.3) is 0 Å². The highest BCUT2D eigenvalue weighted by molar-refractivity contribution is 14.1. The Morgan fingerprint density at radius 2 is 1.84 bits per heavy atom. The molecule has 0 bridgehead atoms. The van der Waals surface area contributed by atoms with Gasteiger partial charge in [0.15, 0.2) is 0 Å². The molecule has 0 atom stereocenters. The van der Waals surface area contributed by atoms with Crippen molar-refractivity contribution in [3.63, 3.8) is 0 Å². The summed E-state index contributed by atoms with van der Waals surface area (Å²) in [4.78, 5) is 12.1. The van der Waals surface area contributed by atoms with Crippen molar-refractivity contribution in [3.05, 3.63) is 50.9 Å². The predicted molar refractivity (Wildman–Crippen MR) is 83.9 cm³/mol. The summed E-state index contributed by atoms with van der Waals surface area (Å²) in [6.45, 7) is 6.26. The van der Waals surface area contributed by atoms with Crippen LogP contribution in [-0.2, 0) is 4.74 Å². The van der Waals surface area contributed by atoms with E-state index in [1.165, 1.54) is 0 Å². The van der Waals surface area contributed by atoms with Crippen molar-refractivity contribution in [2.24, 2.45) is 0 Å². The van der Waals surface area contributed by atoms with Crippen molar-refractivity contribution in [1.82, 2.24) is 4.57 Å². The molecular weight excluding hydrogens is 353 g/mol. The molecule has 0 unspecified atom stereocenters. The van der Waals surface area contributed by atoms with E-state index in [0.29, 0.717) is 12.2 Å². The van der Waals surface area contributed by atoms with Crippen LogP contribution in [0.2, 0.25) is 0 Å². The number of aromatic nitrogens is 1. The molecule has 0 N–H and O–H groups in total. The summed E-state index contributed by atoms with van der Waals surface area (Å²) in [6, 6.07) is 9.79. The Bertz CT molecular complexity index is 597. The summed E-state index contributed by atoms with van der Waals surface area (Å²) in [5.41, 5.74) is 3.72. The molecular formula is C15H16INO2. The molecule has 4 heteroatoms. The summed E-state index contributed by atoms with van der Waals surface area (Å²) in [6.07, 6.45) is 0. The first-order valence-corrected chi connectivity index (χ1v) is 7.25. The largest absolute Gasteiger partial charge is 0.462 e. The molecule has 0 aliphatic carbocycles. The highest BCUT2D eigenvalue weighted by Gasteiger charge is 2.18. The van der Waals surface area contributed by atoms with Gasteiger partial charge in [-0.25, -0.2) is 4.79 Å². The number of aryl methyl sites for hydroxylation is 2. The lowest BCUT2D eigenvalue weighted by Crippen LogP contribution is -2.12. The average molecular weight is 369 g/mol. The molecule has 0 spiro atoms. The number of carbonyl (C=O) groups is 1. The molecule has 1 aromatic heterocycles. The van der Waals surface area contributed by atoms with Gasteiger partial charge in [-0.2, -0.15) is 0 Å². The van der Waals surface area contributed by atoms with E-state index in [0.717, 1.165) is 20.6 Å². The van der Waals surface area contributed by atoms with Crippen LogP contribution in [0.1, 0.15) is 28.7 Å². The highest BCUT2D eigenvalue weighted by atomic mass is 127. The number of para-hydroxylation sites is 1. The smallest absolute Gasteiger partial charge is 0.340 e. The van der Waals surface area contributed by atoms with Crippen molar-refractivity contribution >= 4 is 28.6 Å². The van der Waals surface area contributed by atoms with Gasteiger partial charge in [-0.1, -0.05) is 6.07 Å². The van der Waals surface area contributed by atoms with E-state index in [9.17, 15) is 4.79 Å². The number of halogens is 1. The molecule has 0 radical (unpaired) electrons. The van der Waals surface area contributed by atoms with Crippen molar-refractivity contribution in [2.75, 3.05) is 6.61 Å². The first kappa shape index (κ1) is 14.1. The van der Waals surface area contributed by atoms with E-state index in [4.69, 9.17) is 4.74 Å². The fourth-order valence-corrected chi connectivity index (χ4v) is 2.88. The van der Waals surface area contributed by atoms with Gasteiger partial charge < -0.3 is 9.30 Å². The second-order valence-corrected chi connectivity index (χ2v) is 5.47. The Morgan fingerprint density at radius 3 is 2.42 bits per heavy atom. The lowest BCUT2D eigenvalue weighted by atomic mass is 10.1. The second-order valence-electron chi connectivity index (χ2n) is 4.31. The van der Waals surface area contributed by atoms with Crippen LogP contribution >= 0.6 is 22.6 Å². The van der Waals surface area contributed by atoms with Crippen LogP contribution in [0, 0.1) is 17.4 Å². The van der Waals surface area contributed by atoms with Gasteiger partial charge in [-0.3, -0.25) is 0 Å². The molecule has 19 heavy (non-hydrogen) atoms. The van der Waals surface area contributed by atoms with Gasteiger partial charge in [0, 0.05) is 15.0 Å². The van der Waals surface area contributed by atoms with Crippen LogP contribution < -0.4 is 0 Å². The third kappa shape index (κ3) is 2.68. The van der Waals surface area contributed by atoms with Gasteiger partial charge >= 0.3 is 5.97 Å². The summed E-state index contributed by atoms with van der Waals surface area (Å²) < 4.78 is 8.27. The molecule has 0 saturated carbocycles. The summed E-state index contributed by atoms with van der Waals surface area (Å²) in [7, 11) is 0. The topological polar surface area (TPSA) is 31.2 Å². The minimum Gasteiger partial charge on any atom is -0.462 e. The van der Waals surface area contributed by atoms with Crippen molar-refractivity contribution < 1.29 is 9.53 Å². The zero-order valence-corrected chi connectivity index (χ0v) is 13.4. The molecule has 1 aromatic carbocycles. The van der Waals surface area contributed by atoms with E-state index < -0.39 is 0 Å². The Labute approximate surface area is 126 Å². The van der Waals surface area contributed by atoms with E-state index in [1.54, 1.807) is 0 Å². The van der Waals surface area contributed by atoms with Gasteiger partial charge in [-0.15, -0.1) is 0 Å². The quantitative estimate of drug-likeness (QED) is 0.608. The molecule has 100 valence electrons. The lowest BCUT2D eigenvalue weighted by Gasteiger charge is -2.15. The van der Waals surface area contributed by atoms with E-state index in [-0.39, 0.29) is 5.97 Å². The van der Waals surface area contributed by atoms with Crippen LogP contribution in [0.15, 0.2) is 30.3 Å². The van der Waals surface area contributed by atoms with Gasteiger partial charge in [-0.05, 0) is 67.6 Å². The van der Waals surface area contributed by atoms with E-state index in [2.05, 4.69) is 27.2 Å². The zero-order chi connectivity index (χ0) is 14.0. The molecule has 1 heterocycles. The van der Waals surface area contributed by atoms with Crippen LogP contribution in [0.5, 0.6) is 0 Å². The average Bonchev–Trinajstić information content (AvgIpc) is 2.69. The van der Waals surface area contributed by atoms with Gasteiger partial charge in [0.1, 0.15) is 0 Å². The molecule has 0 aliphatic heterocycles. The van der Waals surface area contributed by atoms with Crippen LogP contribution in [0.25, 0.3) is 5.69 Å². The zero-order valence-electron chi connectivity index (χ0n) is 11.2. The number of rotatable bonds is 3. The predicted octanol–water partition coefficient (Wildman–Crippen LogP) is 3.88.